The fourth-order valence-electron chi connectivity index (χ4n) is 1.90. The highest BCUT2D eigenvalue weighted by molar-refractivity contribution is 5.73. The normalized spacial score (nSPS) is 28.5. The van der Waals surface area contributed by atoms with Gasteiger partial charge in [0.2, 0.25) is 0 Å². The summed E-state index contributed by atoms with van der Waals surface area (Å²) in [6.07, 6.45) is 3.12. The van der Waals surface area contributed by atoms with E-state index in [1.807, 2.05) is 0 Å². The van der Waals surface area contributed by atoms with Gasteiger partial charge >= 0.3 is 11.9 Å². The summed E-state index contributed by atoms with van der Waals surface area (Å²) in [5, 5.41) is 29.3. The molecule has 7 nitrogen and oxygen atoms in total. The molecule has 98 valence electrons. The molecule has 0 radical (unpaired) electrons. The molecule has 17 heavy (non-hydrogen) atoms. The molecule has 0 bridgehead atoms. The van der Waals surface area contributed by atoms with Gasteiger partial charge in [-0.25, -0.2) is 0 Å². The van der Waals surface area contributed by atoms with Gasteiger partial charge in [0.05, 0.1) is 0 Å². The van der Waals surface area contributed by atoms with E-state index in [9.17, 15) is 9.59 Å². The Morgan fingerprint density at radius 1 is 1.12 bits per heavy atom. The lowest BCUT2D eigenvalue weighted by atomic mass is 10.2. The molecule has 2 fully saturated rings. The van der Waals surface area contributed by atoms with Crippen molar-refractivity contribution < 1.29 is 25.0 Å². The van der Waals surface area contributed by atoms with Gasteiger partial charge in [0.1, 0.15) is 12.1 Å². The smallest absolute Gasteiger partial charge is 0.323 e. The lowest BCUT2D eigenvalue weighted by molar-refractivity contribution is -0.161. The molecule has 2 heterocycles. The molecule has 0 aromatic heterocycles. The summed E-state index contributed by atoms with van der Waals surface area (Å²) in [4.78, 5) is 20.3. The predicted molar refractivity (Wildman–Crippen MR) is 57.8 cm³/mol. The lowest BCUT2D eigenvalue weighted by Crippen LogP contribution is -2.32. The Bertz CT molecular complexity index is 278. The quantitative estimate of drug-likeness (QED) is 0.531. The molecular weight excluding hydrogens is 228 g/mol. The number of hydrogen-bond acceptors (Lipinski definition) is 5. The molecule has 2 unspecified atom stereocenters. The Labute approximate surface area is 99.0 Å². The van der Waals surface area contributed by atoms with Crippen LogP contribution in [-0.4, -0.2) is 57.6 Å². The third-order valence-corrected chi connectivity index (χ3v) is 2.87. The van der Waals surface area contributed by atoms with Crippen LogP contribution in [0.1, 0.15) is 25.7 Å². The van der Waals surface area contributed by atoms with Gasteiger partial charge in [-0.05, 0) is 32.2 Å². The van der Waals surface area contributed by atoms with Gasteiger partial charge in [0.25, 0.3) is 0 Å². The average Bonchev–Trinajstić information content (AvgIpc) is 2.87. The Hall–Kier alpha value is -1.18. The molecule has 0 saturated carbocycles. The largest absolute Gasteiger partial charge is 0.480 e. The first-order chi connectivity index (χ1) is 8.02. The van der Waals surface area contributed by atoms with Gasteiger partial charge in [0, 0.05) is 6.54 Å². The molecule has 2 aliphatic rings. The summed E-state index contributed by atoms with van der Waals surface area (Å²) in [6.45, 7) is 1.34. The molecule has 2 aliphatic heterocycles. The van der Waals surface area contributed by atoms with Gasteiger partial charge in [-0.1, -0.05) is 0 Å². The fraction of sp³-hybridized carbons (Fsp3) is 0.800. The van der Waals surface area contributed by atoms with Crippen LogP contribution in [0.25, 0.3) is 0 Å². The first kappa shape index (κ1) is 13.9. The molecule has 2 saturated heterocycles. The minimum atomic E-state index is -0.935. The van der Waals surface area contributed by atoms with E-state index in [0.717, 1.165) is 30.9 Å². The number of rotatable bonds is 2. The van der Waals surface area contributed by atoms with Crippen molar-refractivity contribution in [1.29, 1.82) is 0 Å². The second-order valence-electron chi connectivity index (χ2n) is 4.15. The zero-order valence-corrected chi connectivity index (χ0v) is 9.50. The highest BCUT2D eigenvalue weighted by atomic mass is 16.5. The van der Waals surface area contributed by atoms with E-state index in [1.54, 1.807) is 0 Å². The van der Waals surface area contributed by atoms with Crippen LogP contribution in [0.5, 0.6) is 0 Å². The fourth-order valence-corrected chi connectivity index (χ4v) is 1.90. The monoisotopic (exact) mass is 246 g/mol. The summed E-state index contributed by atoms with van der Waals surface area (Å²) < 4.78 is 0. The van der Waals surface area contributed by atoms with Crippen molar-refractivity contribution in [1.82, 2.24) is 10.4 Å². The maximum Gasteiger partial charge on any atom is 0.323 e. The van der Waals surface area contributed by atoms with E-state index >= 15 is 0 Å². The second kappa shape index (κ2) is 6.53. The minimum absolute atomic E-state index is 0.269. The van der Waals surface area contributed by atoms with Gasteiger partial charge in [-0.2, -0.15) is 5.06 Å². The van der Waals surface area contributed by atoms with Crippen LogP contribution in [-0.2, 0) is 9.59 Å². The van der Waals surface area contributed by atoms with Crippen molar-refractivity contribution >= 4 is 11.9 Å². The summed E-state index contributed by atoms with van der Waals surface area (Å²) in [6, 6.07) is -0.931. The van der Waals surface area contributed by atoms with E-state index in [2.05, 4.69) is 5.32 Å². The maximum absolute atomic E-state index is 10.2. The van der Waals surface area contributed by atoms with Crippen molar-refractivity contribution in [3.63, 3.8) is 0 Å². The molecular formula is C10H18N2O5. The zero-order chi connectivity index (χ0) is 12.8. The molecule has 0 aromatic carbocycles. The number of hydrogen-bond donors (Lipinski definition) is 4. The Kier molecular flexibility index (Phi) is 5.33. The van der Waals surface area contributed by atoms with E-state index in [-0.39, 0.29) is 6.04 Å². The van der Waals surface area contributed by atoms with Gasteiger partial charge < -0.3 is 20.7 Å². The van der Waals surface area contributed by atoms with Crippen LogP contribution in [0.3, 0.4) is 0 Å². The van der Waals surface area contributed by atoms with Crippen LogP contribution in [0.2, 0.25) is 0 Å². The Balaban J connectivity index is 0.000000171. The number of aliphatic carboxylic acids is 2. The van der Waals surface area contributed by atoms with Crippen molar-refractivity contribution in [2.75, 3.05) is 13.1 Å². The molecule has 0 spiro atoms. The summed E-state index contributed by atoms with van der Waals surface area (Å²) in [7, 11) is 0. The van der Waals surface area contributed by atoms with Crippen molar-refractivity contribution in [2.24, 2.45) is 0 Å². The highest BCUT2D eigenvalue weighted by Gasteiger charge is 2.28. The van der Waals surface area contributed by atoms with E-state index in [1.165, 1.54) is 0 Å². The molecule has 0 amide bonds. The highest BCUT2D eigenvalue weighted by Crippen LogP contribution is 2.13. The predicted octanol–water partition coefficient (Wildman–Crippen LogP) is -0.252. The van der Waals surface area contributed by atoms with Crippen LogP contribution in [0, 0.1) is 0 Å². The third-order valence-electron chi connectivity index (χ3n) is 2.87. The van der Waals surface area contributed by atoms with E-state index < -0.39 is 18.0 Å². The van der Waals surface area contributed by atoms with Crippen LogP contribution in [0.4, 0.5) is 0 Å². The number of carbonyl (C=O) groups is 2. The number of carboxylic acid groups (broad SMARTS) is 2. The van der Waals surface area contributed by atoms with Crippen LogP contribution < -0.4 is 5.32 Å². The summed E-state index contributed by atoms with van der Waals surface area (Å²) in [5.74, 6) is -1.66. The standard InChI is InChI=1S/C5H9NO3.C5H9NO2/c7-5(8)4-2-1-3-6(4)9;7-5(8)4-2-1-3-6-4/h4,9H,1-3H2,(H,7,8);4,6H,1-3H2,(H,7,8). The average molecular weight is 246 g/mol. The number of nitrogens with zero attached hydrogens (tertiary/aromatic N) is 1. The van der Waals surface area contributed by atoms with Gasteiger partial charge in [-0.15, -0.1) is 0 Å². The topological polar surface area (TPSA) is 110 Å². The first-order valence-electron chi connectivity index (χ1n) is 5.67. The molecule has 0 aromatic rings. The number of nitrogens with one attached hydrogen (secondary N) is 1. The molecule has 7 heteroatoms. The second-order valence-corrected chi connectivity index (χ2v) is 4.15. The molecule has 2 rings (SSSR count). The number of hydroxylamine groups is 2. The number of carboxylic acids is 2. The van der Waals surface area contributed by atoms with Crippen LogP contribution >= 0.6 is 0 Å². The van der Waals surface area contributed by atoms with Crippen molar-refractivity contribution in [3.8, 4) is 0 Å². The summed E-state index contributed by atoms with van der Waals surface area (Å²) in [5.41, 5.74) is 0. The molecule has 4 N–H and O–H groups in total. The SMILES string of the molecule is O=C(O)C1CCCN1.O=C(O)C1CCCN1O. The molecule has 2 atom stereocenters. The van der Waals surface area contributed by atoms with Crippen molar-refractivity contribution in [2.45, 2.75) is 37.8 Å². The Morgan fingerprint density at radius 3 is 2.06 bits per heavy atom. The Morgan fingerprint density at radius 2 is 1.82 bits per heavy atom. The minimum Gasteiger partial charge on any atom is -0.480 e. The lowest BCUT2D eigenvalue weighted by Gasteiger charge is -2.11. The van der Waals surface area contributed by atoms with Crippen LogP contribution in [0.15, 0.2) is 0 Å². The van der Waals surface area contributed by atoms with Gasteiger partial charge in [-0.3, -0.25) is 9.59 Å². The maximum atomic E-state index is 10.2. The van der Waals surface area contributed by atoms with Gasteiger partial charge in [0.15, 0.2) is 0 Å². The van der Waals surface area contributed by atoms with E-state index in [0.29, 0.717) is 13.0 Å². The zero-order valence-electron chi connectivity index (χ0n) is 9.50. The van der Waals surface area contributed by atoms with Crippen molar-refractivity contribution in [3.05, 3.63) is 0 Å². The molecule has 0 aliphatic carbocycles. The van der Waals surface area contributed by atoms with E-state index in [4.69, 9.17) is 15.4 Å². The summed E-state index contributed by atoms with van der Waals surface area (Å²) >= 11 is 0. The third kappa shape index (κ3) is 4.29. The first-order valence-corrected chi connectivity index (χ1v) is 5.67.